The fourth-order valence-corrected chi connectivity index (χ4v) is 2.16. The van der Waals surface area contributed by atoms with Crippen molar-refractivity contribution >= 4 is 0 Å². The standard InChI is InChI=1S/C15H25NO4/c1-19-14-6-5-13(12-15(14)20-2)4-3-7-16(8-10-17)9-11-18/h5-6,12,17-18H,3-4,7-11H2,1-2H3. The zero-order chi connectivity index (χ0) is 14.8. The van der Waals surface area contributed by atoms with E-state index in [-0.39, 0.29) is 13.2 Å². The molecule has 0 heterocycles. The third-order valence-electron chi connectivity index (χ3n) is 3.22. The fourth-order valence-electron chi connectivity index (χ4n) is 2.16. The van der Waals surface area contributed by atoms with Gasteiger partial charge in [-0.1, -0.05) is 6.07 Å². The normalized spacial score (nSPS) is 10.8. The van der Waals surface area contributed by atoms with Gasteiger partial charge < -0.3 is 19.7 Å². The zero-order valence-electron chi connectivity index (χ0n) is 12.3. The molecule has 0 aromatic heterocycles. The molecule has 0 aliphatic carbocycles. The minimum absolute atomic E-state index is 0.121. The number of nitrogens with zero attached hydrogens (tertiary/aromatic N) is 1. The van der Waals surface area contributed by atoms with Crippen LogP contribution < -0.4 is 9.47 Å². The summed E-state index contributed by atoms with van der Waals surface area (Å²) in [7, 11) is 3.26. The Morgan fingerprint density at radius 3 is 2.15 bits per heavy atom. The molecule has 0 fully saturated rings. The van der Waals surface area contributed by atoms with E-state index in [9.17, 15) is 0 Å². The topological polar surface area (TPSA) is 62.2 Å². The zero-order valence-corrected chi connectivity index (χ0v) is 12.3. The largest absolute Gasteiger partial charge is 0.493 e. The van der Waals surface area contributed by atoms with Crippen molar-refractivity contribution in [3.05, 3.63) is 23.8 Å². The highest BCUT2D eigenvalue weighted by atomic mass is 16.5. The van der Waals surface area contributed by atoms with Crippen LogP contribution >= 0.6 is 0 Å². The summed E-state index contributed by atoms with van der Waals surface area (Å²) in [6.45, 7) is 2.31. The third-order valence-corrected chi connectivity index (χ3v) is 3.22. The van der Waals surface area contributed by atoms with Gasteiger partial charge in [0.05, 0.1) is 27.4 Å². The lowest BCUT2D eigenvalue weighted by Crippen LogP contribution is -2.31. The third kappa shape index (κ3) is 5.36. The van der Waals surface area contributed by atoms with Crippen LogP contribution in [0, 0.1) is 0 Å². The first-order chi connectivity index (χ1) is 9.74. The average molecular weight is 283 g/mol. The van der Waals surface area contributed by atoms with Crippen LogP contribution in [-0.2, 0) is 6.42 Å². The van der Waals surface area contributed by atoms with Crippen molar-refractivity contribution in [3.63, 3.8) is 0 Å². The molecule has 5 heteroatoms. The highest BCUT2D eigenvalue weighted by Gasteiger charge is 2.06. The number of aryl methyl sites for hydroxylation is 1. The molecule has 0 saturated carbocycles. The van der Waals surface area contributed by atoms with Gasteiger partial charge in [0.2, 0.25) is 0 Å². The van der Waals surface area contributed by atoms with Gasteiger partial charge in [0.15, 0.2) is 11.5 Å². The molecule has 0 amide bonds. The van der Waals surface area contributed by atoms with E-state index in [1.165, 1.54) is 5.56 Å². The first-order valence-electron chi connectivity index (χ1n) is 6.90. The van der Waals surface area contributed by atoms with Gasteiger partial charge in [0, 0.05) is 13.1 Å². The fraction of sp³-hybridized carbons (Fsp3) is 0.600. The molecule has 0 bridgehead atoms. The van der Waals surface area contributed by atoms with Crippen molar-refractivity contribution in [1.29, 1.82) is 0 Å². The van der Waals surface area contributed by atoms with Gasteiger partial charge in [-0.15, -0.1) is 0 Å². The molecule has 1 aromatic rings. The maximum atomic E-state index is 8.95. The van der Waals surface area contributed by atoms with E-state index in [1.807, 2.05) is 18.2 Å². The summed E-state index contributed by atoms with van der Waals surface area (Å²) in [6.07, 6.45) is 1.89. The van der Waals surface area contributed by atoms with E-state index < -0.39 is 0 Å². The molecule has 114 valence electrons. The first kappa shape index (κ1) is 16.8. The van der Waals surface area contributed by atoms with E-state index >= 15 is 0 Å². The Bertz CT molecular complexity index is 378. The Morgan fingerprint density at radius 2 is 1.60 bits per heavy atom. The van der Waals surface area contributed by atoms with Crippen LogP contribution in [0.1, 0.15) is 12.0 Å². The van der Waals surface area contributed by atoms with Crippen LogP contribution in [-0.4, -0.2) is 62.2 Å². The van der Waals surface area contributed by atoms with E-state index in [2.05, 4.69) is 4.90 Å². The van der Waals surface area contributed by atoms with Crippen molar-refractivity contribution in [2.75, 3.05) is 47.1 Å². The van der Waals surface area contributed by atoms with Gasteiger partial charge in [-0.3, -0.25) is 4.90 Å². The van der Waals surface area contributed by atoms with Gasteiger partial charge in [0.25, 0.3) is 0 Å². The van der Waals surface area contributed by atoms with E-state index in [1.54, 1.807) is 14.2 Å². The predicted molar refractivity (Wildman–Crippen MR) is 78.5 cm³/mol. The van der Waals surface area contributed by atoms with Crippen LogP contribution in [0.2, 0.25) is 0 Å². The summed E-state index contributed by atoms with van der Waals surface area (Å²) in [5, 5.41) is 17.9. The molecule has 5 nitrogen and oxygen atoms in total. The quantitative estimate of drug-likeness (QED) is 0.669. The minimum Gasteiger partial charge on any atom is -0.493 e. The maximum absolute atomic E-state index is 8.95. The molecule has 0 unspecified atom stereocenters. The van der Waals surface area contributed by atoms with Gasteiger partial charge in [-0.25, -0.2) is 0 Å². The molecule has 2 N–H and O–H groups in total. The Labute approximate surface area is 120 Å². The van der Waals surface area contributed by atoms with Crippen LogP contribution in [0.25, 0.3) is 0 Å². The SMILES string of the molecule is COc1ccc(CCCN(CCO)CCO)cc1OC. The summed E-state index contributed by atoms with van der Waals surface area (Å²) in [5.41, 5.74) is 1.19. The summed E-state index contributed by atoms with van der Waals surface area (Å²) in [4.78, 5) is 2.06. The Hall–Kier alpha value is -1.30. The molecule has 0 saturated heterocycles. The summed E-state index contributed by atoms with van der Waals surface area (Å²) in [5.74, 6) is 1.48. The first-order valence-corrected chi connectivity index (χ1v) is 6.90. The second-order valence-corrected chi connectivity index (χ2v) is 4.58. The molecule has 0 spiro atoms. The Kier molecular flexibility index (Phi) is 8.02. The van der Waals surface area contributed by atoms with Gasteiger partial charge >= 0.3 is 0 Å². The minimum atomic E-state index is 0.121. The van der Waals surface area contributed by atoms with Crippen molar-refractivity contribution in [1.82, 2.24) is 4.90 Å². The molecule has 1 aromatic carbocycles. The van der Waals surface area contributed by atoms with E-state index in [0.717, 1.165) is 30.9 Å². The Balaban J connectivity index is 2.48. The van der Waals surface area contributed by atoms with Crippen LogP contribution in [0.5, 0.6) is 11.5 Å². The smallest absolute Gasteiger partial charge is 0.160 e. The second kappa shape index (κ2) is 9.58. The number of hydrogen-bond donors (Lipinski definition) is 2. The average Bonchev–Trinajstić information content (AvgIpc) is 2.47. The summed E-state index contributed by atoms with van der Waals surface area (Å²) < 4.78 is 10.5. The van der Waals surface area contributed by atoms with E-state index in [0.29, 0.717) is 13.1 Å². The predicted octanol–water partition coefficient (Wildman–Crippen LogP) is 0.923. The number of ether oxygens (including phenoxy) is 2. The van der Waals surface area contributed by atoms with Crippen molar-refractivity contribution in [2.24, 2.45) is 0 Å². The number of aliphatic hydroxyl groups is 2. The molecule has 20 heavy (non-hydrogen) atoms. The lowest BCUT2D eigenvalue weighted by atomic mass is 10.1. The van der Waals surface area contributed by atoms with Crippen molar-refractivity contribution in [3.8, 4) is 11.5 Å². The number of hydrogen-bond acceptors (Lipinski definition) is 5. The molecule has 0 aliphatic heterocycles. The highest BCUT2D eigenvalue weighted by molar-refractivity contribution is 5.42. The van der Waals surface area contributed by atoms with Crippen LogP contribution in [0.15, 0.2) is 18.2 Å². The number of rotatable bonds is 10. The molecule has 1 rings (SSSR count). The van der Waals surface area contributed by atoms with Crippen LogP contribution in [0.4, 0.5) is 0 Å². The monoisotopic (exact) mass is 283 g/mol. The molecule has 0 radical (unpaired) electrons. The Morgan fingerprint density at radius 1 is 0.950 bits per heavy atom. The van der Waals surface area contributed by atoms with Crippen molar-refractivity contribution < 1.29 is 19.7 Å². The number of aliphatic hydroxyl groups excluding tert-OH is 2. The van der Waals surface area contributed by atoms with E-state index in [4.69, 9.17) is 19.7 Å². The van der Waals surface area contributed by atoms with Gasteiger partial charge in [0.1, 0.15) is 0 Å². The highest BCUT2D eigenvalue weighted by Crippen LogP contribution is 2.27. The van der Waals surface area contributed by atoms with Crippen LogP contribution in [0.3, 0.4) is 0 Å². The lowest BCUT2D eigenvalue weighted by molar-refractivity contribution is 0.160. The maximum Gasteiger partial charge on any atom is 0.160 e. The molecule has 0 atom stereocenters. The molecular formula is C15H25NO4. The van der Waals surface area contributed by atoms with Gasteiger partial charge in [-0.2, -0.15) is 0 Å². The number of benzene rings is 1. The second-order valence-electron chi connectivity index (χ2n) is 4.58. The number of methoxy groups -OCH3 is 2. The lowest BCUT2D eigenvalue weighted by Gasteiger charge is -2.19. The molecule has 0 aliphatic rings. The van der Waals surface area contributed by atoms with Crippen molar-refractivity contribution in [2.45, 2.75) is 12.8 Å². The van der Waals surface area contributed by atoms with Gasteiger partial charge in [-0.05, 0) is 37.1 Å². The molecular weight excluding hydrogens is 258 g/mol. The summed E-state index contributed by atoms with van der Waals surface area (Å²) >= 11 is 0. The summed E-state index contributed by atoms with van der Waals surface area (Å²) in [6, 6.07) is 5.93.